The average Bonchev–Trinajstić information content (AvgIpc) is 2.77. The van der Waals surface area contributed by atoms with Gasteiger partial charge in [0, 0.05) is 24.2 Å². The molecule has 1 aliphatic rings. The highest BCUT2D eigenvalue weighted by atomic mass is 19.1. The number of rotatable bonds is 3. The third-order valence-electron chi connectivity index (χ3n) is 4.08. The summed E-state index contributed by atoms with van der Waals surface area (Å²) < 4.78 is 13.7. The number of likely N-dealkylation sites (tertiary alicyclic amines) is 1. The molecule has 1 fully saturated rings. The highest BCUT2D eigenvalue weighted by Crippen LogP contribution is 2.28. The van der Waals surface area contributed by atoms with Gasteiger partial charge in [0.1, 0.15) is 5.82 Å². The summed E-state index contributed by atoms with van der Waals surface area (Å²) in [4.78, 5) is 2.48. The molecule has 0 aliphatic carbocycles. The Morgan fingerprint density at radius 3 is 2.85 bits per heavy atom. The maximum Gasteiger partial charge on any atom is 0.124 e. The van der Waals surface area contributed by atoms with Crippen LogP contribution in [0.2, 0.25) is 0 Å². The molecule has 2 atom stereocenters. The summed E-state index contributed by atoms with van der Waals surface area (Å²) in [6.45, 7) is 5.57. The third-order valence-corrected chi connectivity index (χ3v) is 4.08. The van der Waals surface area contributed by atoms with Crippen LogP contribution >= 0.6 is 0 Å². The van der Waals surface area contributed by atoms with E-state index < -0.39 is 0 Å². The van der Waals surface area contributed by atoms with E-state index in [1.165, 1.54) is 18.9 Å². The molecular formula is C17H23FN2. The van der Waals surface area contributed by atoms with Crippen molar-refractivity contribution in [3.63, 3.8) is 0 Å². The van der Waals surface area contributed by atoms with Crippen LogP contribution in [0, 0.1) is 17.7 Å². The molecule has 20 heavy (non-hydrogen) atoms. The van der Waals surface area contributed by atoms with Crippen molar-refractivity contribution in [1.82, 2.24) is 4.90 Å². The van der Waals surface area contributed by atoms with Gasteiger partial charge >= 0.3 is 0 Å². The first-order chi connectivity index (χ1) is 9.63. The summed E-state index contributed by atoms with van der Waals surface area (Å²) in [5.74, 6) is 5.47. The van der Waals surface area contributed by atoms with Crippen molar-refractivity contribution < 1.29 is 4.39 Å². The van der Waals surface area contributed by atoms with Gasteiger partial charge in [-0.15, -0.1) is 0 Å². The smallest absolute Gasteiger partial charge is 0.124 e. The van der Waals surface area contributed by atoms with Crippen LogP contribution in [0.4, 0.5) is 4.39 Å². The second kappa shape index (κ2) is 6.88. The molecule has 2 nitrogen and oxygen atoms in total. The third kappa shape index (κ3) is 3.59. The van der Waals surface area contributed by atoms with Crippen molar-refractivity contribution in [2.24, 2.45) is 5.73 Å². The van der Waals surface area contributed by atoms with Crippen LogP contribution in [0.1, 0.15) is 44.2 Å². The van der Waals surface area contributed by atoms with E-state index in [0.717, 1.165) is 18.5 Å². The Bertz CT molecular complexity index is 515. The number of hydrogen-bond donors (Lipinski definition) is 1. The molecule has 0 radical (unpaired) electrons. The Balaban J connectivity index is 2.18. The largest absolute Gasteiger partial charge is 0.320 e. The van der Waals surface area contributed by atoms with E-state index in [9.17, 15) is 4.39 Å². The van der Waals surface area contributed by atoms with Crippen molar-refractivity contribution in [2.45, 2.75) is 51.7 Å². The van der Waals surface area contributed by atoms with Gasteiger partial charge in [0.25, 0.3) is 0 Å². The summed E-state index contributed by atoms with van der Waals surface area (Å²) >= 11 is 0. The summed E-state index contributed by atoms with van der Waals surface area (Å²) in [6.07, 6.45) is 3.62. The van der Waals surface area contributed by atoms with E-state index in [0.29, 0.717) is 24.2 Å². The molecule has 2 rings (SSSR count). The standard InChI is InChI=1S/C17H23FN2/c1-3-17-7-6-13(2)20(17)12-15-9-14(5-4-8-19)10-16(18)11-15/h9-11,13,17H,3,6-8,12,19H2,1-2H3. The minimum Gasteiger partial charge on any atom is -0.320 e. The van der Waals surface area contributed by atoms with Crippen LogP contribution < -0.4 is 5.73 Å². The zero-order valence-corrected chi connectivity index (χ0v) is 12.3. The predicted octanol–water partition coefficient (Wildman–Crippen LogP) is 2.90. The second-order valence-corrected chi connectivity index (χ2v) is 5.51. The fourth-order valence-electron chi connectivity index (χ4n) is 3.03. The molecule has 0 amide bonds. The van der Waals surface area contributed by atoms with Gasteiger partial charge in [-0.2, -0.15) is 0 Å². The zero-order valence-electron chi connectivity index (χ0n) is 12.3. The zero-order chi connectivity index (χ0) is 14.5. The minimum atomic E-state index is -0.219. The molecule has 1 heterocycles. The van der Waals surface area contributed by atoms with E-state index in [4.69, 9.17) is 5.73 Å². The molecule has 108 valence electrons. The van der Waals surface area contributed by atoms with E-state index in [-0.39, 0.29) is 5.82 Å². The highest BCUT2D eigenvalue weighted by molar-refractivity contribution is 5.38. The lowest BCUT2D eigenvalue weighted by Gasteiger charge is -2.27. The fourth-order valence-corrected chi connectivity index (χ4v) is 3.03. The lowest BCUT2D eigenvalue weighted by atomic mass is 10.1. The van der Waals surface area contributed by atoms with Gasteiger partial charge in [0.15, 0.2) is 0 Å². The molecule has 1 aromatic carbocycles. The first-order valence-electron chi connectivity index (χ1n) is 7.38. The van der Waals surface area contributed by atoms with Gasteiger partial charge < -0.3 is 5.73 Å². The Morgan fingerprint density at radius 1 is 1.35 bits per heavy atom. The Kier molecular flexibility index (Phi) is 5.17. The summed E-state index contributed by atoms with van der Waals surface area (Å²) in [6, 6.07) is 6.25. The number of hydrogen-bond acceptors (Lipinski definition) is 2. The van der Waals surface area contributed by atoms with Gasteiger partial charge in [-0.3, -0.25) is 4.90 Å². The van der Waals surface area contributed by atoms with Gasteiger partial charge in [-0.25, -0.2) is 4.39 Å². The van der Waals surface area contributed by atoms with Crippen LogP contribution in [-0.2, 0) is 6.54 Å². The van der Waals surface area contributed by atoms with Crippen molar-refractivity contribution in [1.29, 1.82) is 0 Å². The van der Waals surface area contributed by atoms with Crippen molar-refractivity contribution in [2.75, 3.05) is 6.54 Å². The predicted molar refractivity (Wildman–Crippen MR) is 80.7 cm³/mol. The molecule has 0 spiro atoms. The molecule has 1 saturated heterocycles. The van der Waals surface area contributed by atoms with Crippen LogP contribution in [0.3, 0.4) is 0 Å². The Labute approximate surface area is 121 Å². The Hall–Kier alpha value is -1.37. The molecule has 0 bridgehead atoms. The molecule has 3 heteroatoms. The molecular weight excluding hydrogens is 251 g/mol. The number of nitrogens with two attached hydrogens (primary N) is 1. The lowest BCUT2D eigenvalue weighted by molar-refractivity contribution is 0.189. The molecule has 2 N–H and O–H groups in total. The summed E-state index contributed by atoms with van der Waals surface area (Å²) in [5, 5.41) is 0. The number of benzene rings is 1. The summed E-state index contributed by atoms with van der Waals surface area (Å²) in [5.41, 5.74) is 7.08. The number of nitrogens with zero attached hydrogens (tertiary/aromatic N) is 1. The quantitative estimate of drug-likeness (QED) is 0.859. The summed E-state index contributed by atoms with van der Waals surface area (Å²) in [7, 11) is 0. The molecule has 1 aliphatic heterocycles. The van der Waals surface area contributed by atoms with Crippen LogP contribution in [0.25, 0.3) is 0 Å². The van der Waals surface area contributed by atoms with Gasteiger partial charge in [-0.1, -0.05) is 18.8 Å². The normalized spacial score (nSPS) is 22.6. The van der Waals surface area contributed by atoms with Gasteiger partial charge in [0.2, 0.25) is 0 Å². The van der Waals surface area contributed by atoms with Gasteiger partial charge in [0.05, 0.1) is 6.54 Å². The van der Waals surface area contributed by atoms with Crippen molar-refractivity contribution in [3.8, 4) is 11.8 Å². The van der Waals surface area contributed by atoms with Gasteiger partial charge in [-0.05, 0) is 49.9 Å². The molecule has 1 aromatic rings. The molecule has 0 aromatic heterocycles. The Morgan fingerprint density at radius 2 is 2.15 bits per heavy atom. The monoisotopic (exact) mass is 274 g/mol. The number of halogens is 1. The SMILES string of the molecule is CCC1CCC(C)N1Cc1cc(F)cc(C#CCN)c1. The first kappa shape index (κ1) is 15.0. The van der Waals surface area contributed by atoms with Crippen LogP contribution in [-0.4, -0.2) is 23.5 Å². The second-order valence-electron chi connectivity index (χ2n) is 5.51. The molecule has 2 unspecified atom stereocenters. The molecule has 0 saturated carbocycles. The first-order valence-corrected chi connectivity index (χ1v) is 7.38. The average molecular weight is 274 g/mol. The van der Waals surface area contributed by atoms with Crippen molar-refractivity contribution >= 4 is 0 Å². The minimum absolute atomic E-state index is 0.219. The van der Waals surface area contributed by atoms with Crippen LogP contribution in [0.5, 0.6) is 0 Å². The fraction of sp³-hybridized carbons (Fsp3) is 0.529. The maximum atomic E-state index is 13.7. The van der Waals surface area contributed by atoms with E-state index in [1.54, 1.807) is 6.07 Å². The van der Waals surface area contributed by atoms with E-state index in [1.807, 2.05) is 6.07 Å². The van der Waals surface area contributed by atoms with Crippen molar-refractivity contribution in [3.05, 3.63) is 35.1 Å². The van der Waals surface area contributed by atoms with E-state index >= 15 is 0 Å². The van der Waals surface area contributed by atoms with Crippen LogP contribution in [0.15, 0.2) is 18.2 Å². The highest BCUT2D eigenvalue weighted by Gasteiger charge is 2.29. The maximum absolute atomic E-state index is 13.7. The lowest BCUT2D eigenvalue weighted by Crippen LogP contribution is -2.33. The van der Waals surface area contributed by atoms with E-state index in [2.05, 4.69) is 30.6 Å². The topological polar surface area (TPSA) is 29.3 Å².